The van der Waals surface area contributed by atoms with Gasteiger partial charge in [0.25, 0.3) is 5.91 Å². The number of nitrogens with one attached hydrogen (secondary N) is 1. The van der Waals surface area contributed by atoms with Crippen LogP contribution in [-0.2, 0) is 9.59 Å². The monoisotopic (exact) mass is 425 g/mol. The lowest BCUT2D eigenvalue weighted by Gasteiger charge is -2.34. The van der Waals surface area contributed by atoms with Crippen LogP contribution in [0.3, 0.4) is 0 Å². The highest BCUT2D eigenvalue weighted by molar-refractivity contribution is 5.79. The number of piperazine rings is 1. The standard InChI is InChI=1S/C24H28FN3O3/c25-20-8-10-21(11-9-20)31-17-23(30)28-14-12-27(13-15-28)16-22(29)26-24(19-6-7-19)18-4-2-1-3-5-18/h1-5,8-11,19,24H,6-7,12-17H2,(H,26,29). The number of hydrogen-bond donors (Lipinski definition) is 1. The molecule has 2 aromatic carbocycles. The van der Waals surface area contributed by atoms with Crippen molar-refractivity contribution in [2.75, 3.05) is 39.3 Å². The molecule has 1 unspecified atom stereocenters. The van der Waals surface area contributed by atoms with E-state index in [0.717, 1.165) is 18.4 Å². The number of amides is 2. The van der Waals surface area contributed by atoms with Crippen LogP contribution >= 0.6 is 0 Å². The molecule has 2 aliphatic rings. The van der Waals surface area contributed by atoms with Crippen molar-refractivity contribution in [1.82, 2.24) is 15.1 Å². The Kier molecular flexibility index (Phi) is 6.82. The summed E-state index contributed by atoms with van der Waals surface area (Å²) in [4.78, 5) is 28.8. The van der Waals surface area contributed by atoms with Gasteiger partial charge in [-0.3, -0.25) is 14.5 Å². The number of carbonyl (C=O) groups excluding carboxylic acids is 2. The molecular weight excluding hydrogens is 397 g/mol. The molecular formula is C24H28FN3O3. The fourth-order valence-electron chi connectivity index (χ4n) is 3.91. The van der Waals surface area contributed by atoms with Crippen LogP contribution < -0.4 is 10.1 Å². The van der Waals surface area contributed by atoms with E-state index in [9.17, 15) is 14.0 Å². The van der Waals surface area contributed by atoms with Crippen molar-refractivity contribution in [2.24, 2.45) is 5.92 Å². The highest BCUT2D eigenvalue weighted by atomic mass is 19.1. The number of halogens is 1. The number of carbonyl (C=O) groups is 2. The van der Waals surface area contributed by atoms with Gasteiger partial charge in [0.1, 0.15) is 11.6 Å². The highest BCUT2D eigenvalue weighted by Crippen LogP contribution is 2.40. The van der Waals surface area contributed by atoms with Crippen LogP contribution in [0, 0.1) is 11.7 Å². The first-order chi connectivity index (χ1) is 15.1. The van der Waals surface area contributed by atoms with E-state index in [1.165, 1.54) is 24.3 Å². The van der Waals surface area contributed by atoms with E-state index in [1.807, 2.05) is 18.2 Å². The van der Waals surface area contributed by atoms with Crippen LogP contribution in [0.4, 0.5) is 4.39 Å². The number of benzene rings is 2. The van der Waals surface area contributed by atoms with Gasteiger partial charge in [0.05, 0.1) is 12.6 Å². The summed E-state index contributed by atoms with van der Waals surface area (Å²) in [5.74, 6) is 0.577. The summed E-state index contributed by atoms with van der Waals surface area (Å²) in [5, 5.41) is 3.21. The summed E-state index contributed by atoms with van der Waals surface area (Å²) in [6, 6.07) is 15.8. The Morgan fingerprint density at radius 2 is 1.68 bits per heavy atom. The third-order valence-electron chi connectivity index (χ3n) is 5.84. The molecule has 0 aromatic heterocycles. The van der Waals surface area contributed by atoms with E-state index >= 15 is 0 Å². The second-order valence-electron chi connectivity index (χ2n) is 8.19. The van der Waals surface area contributed by atoms with Crippen molar-refractivity contribution in [1.29, 1.82) is 0 Å². The van der Waals surface area contributed by atoms with Crippen molar-refractivity contribution >= 4 is 11.8 Å². The molecule has 1 aliphatic carbocycles. The zero-order valence-corrected chi connectivity index (χ0v) is 17.5. The fourth-order valence-corrected chi connectivity index (χ4v) is 3.91. The van der Waals surface area contributed by atoms with Crippen LogP contribution in [0.2, 0.25) is 0 Å². The molecule has 164 valence electrons. The summed E-state index contributed by atoms with van der Waals surface area (Å²) in [6.07, 6.45) is 2.31. The van der Waals surface area contributed by atoms with Gasteiger partial charge in [-0.2, -0.15) is 0 Å². The van der Waals surface area contributed by atoms with Crippen molar-refractivity contribution in [2.45, 2.75) is 18.9 Å². The lowest BCUT2D eigenvalue weighted by Crippen LogP contribution is -2.52. The molecule has 2 fully saturated rings. The summed E-state index contributed by atoms with van der Waals surface area (Å²) in [7, 11) is 0. The minimum absolute atomic E-state index is 0.0279. The molecule has 1 saturated heterocycles. The molecule has 2 amide bonds. The smallest absolute Gasteiger partial charge is 0.260 e. The molecule has 4 rings (SSSR count). The molecule has 0 bridgehead atoms. The van der Waals surface area contributed by atoms with Crippen LogP contribution in [0.15, 0.2) is 54.6 Å². The van der Waals surface area contributed by atoms with Gasteiger partial charge in [-0.25, -0.2) is 4.39 Å². The fraction of sp³-hybridized carbons (Fsp3) is 0.417. The first kappa shape index (κ1) is 21.3. The molecule has 1 saturated carbocycles. The predicted molar refractivity (Wildman–Crippen MR) is 115 cm³/mol. The maximum atomic E-state index is 12.9. The maximum Gasteiger partial charge on any atom is 0.260 e. The molecule has 6 nitrogen and oxygen atoms in total. The van der Waals surface area contributed by atoms with Gasteiger partial charge >= 0.3 is 0 Å². The summed E-state index contributed by atoms with van der Waals surface area (Å²) < 4.78 is 18.4. The van der Waals surface area contributed by atoms with E-state index in [-0.39, 0.29) is 30.3 Å². The quantitative estimate of drug-likeness (QED) is 0.706. The topological polar surface area (TPSA) is 61.9 Å². The molecule has 0 spiro atoms. The van der Waals surface area contributed by atoms with Gasteiger partial charge in [0.2, 0.25) is 5.91 Å². The maximum absolute atomic E-state index is 12.9. The molecule has 31 heavy (non-hydrogen) atoms. The Hall–Kier alpha value is -2.93. The Morgan fingerprint density at radius 1 is 1.00 bits per heavy atom. The third kappa shape index (κ3) is 6.04. The van der Waals surface area contributed by atoms with Gasteiger partial charge in [-0.15, -0.1) is 0 Å². The van der Waals surface area contributed by atoms with Gasteiger partial charge < -0.3 is 15.0 Å². The minimum Gasteiger partial charge on any atom is -0.484 e. The molecule has 2 aromatic rings. The number of hydrogen-bond acceptors (Lipinski definition) is 4. The highest BCUT2D eigenvalue weighted by Gasteiger charge is 2.33. The number of nitrogens with zero attached hydrogens (tertiary/aromatic N) is 2. The SMILES string of the molecule is O=C(CN1CCN(C(=O)COc2ccc(F)cc2)CC1)NC(c1ccccc1)C1CC1. The molecule has 1 aliphatic heterocycles. The van der Waals surface area contributed by atoms with Gasteiger partial charge in [-0.1, -0.05) is 30.3 Å². The molecule has 1 N–H and O–H groups in total. The van der Waals surface area contributed by atoms with Crippen molar-refractivity contribution in [3.05, 3.63) is 66.0 Å². The molecule has 7 heteroatoms. The summed E-state index contributed by atoms with van der Waals surface area (Å²) in [6.45, 7) is 2.67. The lowest BCUT2D eigenvalue weighted by atomic mass is 10.0. The second kappa shape index (κ2) is 9.92. The van der Waals surface area contributed by atoms with Gasteiger partial charge in [0.15, 0.2) is 6.61 Å². The summed E-state index contributed by atoms with van der Waals surface area (Å²) in [5.41, 5.74) is 1.16. The van der Waals surface area contributed by atoms with Crippen LogP contribution in [-0.4, -0.2) is 60.9 Å². The van der Waals surface area contributed by atoms with Crippen LogP contribution in [0.1, 0.15) is 24.4 Å². The molecule has 1 atom stereocenters. The van der Waals surface area contributed by atoms with Crippen molar-refractivity contribution < 1.29 is 18.7 Å². The summed E-state index contributed by atoms with van der Waals surface area (Å²) >= 11 is 0. The van der Waals surface area contributed by atoms with E-state index in [2.05, 4.69) is 22.3 Å². The zero-order chi connectivity index (χ0) is 21.6. The predicted octanol–water partition coefficient (Wildman–Crippen LogP) is 2.62. The van der Waals surface area contributed by atoms with Crippen LogP contribution in [0.5, 0.6) is 5.75 Å². The Morgan fingerprint density at radius 3 is 2.32 bits per heavy atom. The zero-order valence-electron chi connectivity index (χ0n) is 17.5. The van der Waals surface area contributed by atoms with E-state index < -0.39 is 0 Å². The Balaban J connectivity index is 1.20. The van der Waals surface area contributed by atoms with Gasteiger partial charge in [0, 0.05) is 26.2 Å². The third-order valence-corrected chi connectivity index (χ3v) is 5.84. The van der Waals surface area contributed by atoms with E-state index in [0.29, 0.717) is 44.4 Å². The Bertz CT molecular complexity index is 879. The largest absolute Gasteiger partial charge is 0.484 e. The number of ether oxygens (including phenoxy) is 1. The first-order valence-electron chi connectivity index (χ1n) is 10.8. The van der Waals surface area contributed by atoms with Crippen LogP contribution in [0.25, 0.3) is 0 Å². The average Bonchev–Trinajstić information content (AvgIpc) is 3.63. The number of rotatable bonds is 8. The van der Waals surface area contributed by atoms with E-state index in [4.69, 9.17) is 4.74 Å². The first-order valence-corrected chi connectivity index (χ1v) is 10.8. The van der Waals surface area contributed by atoms with Crippen molar-refractivity contribution in [3.8, 4) is 5.75 Å². The Labute approximate surface area is 182 Å². The molecule has 1 heterocycles. The normalized spacial score (nSPS) is 17.8. The minimum atomic E-state index is -0.342. The van der Waals surface area contributed by atoms with Crippen molar-refractivity contribution in [3.63, 3.8) is 0 Å². The van der Waals surface area contributed by atoms with Gasteiger partial charge in [-0.05, 0) is 48.6 Å². The lowest BCUT2D eigenvalue weighted by molar-refractivity contribution is -0.135. The molecule has 0 radical (unpaired) electrons. The second-order valence-corrected chi connectivity index (χ2v) is 8.19. The van der Waals surface area contributed by atoms with E-state index in [1.54, 1.807) is 4.90 Å². The average molecular weight is 426 g/mol.